The normalized spacial score (nSPS) is 27.4. The average Bonchev–Trinajstić information content (AvgIpc) is 3.30. The maximum atomic E-state index is 6.27. The third kappa shape index (κ3) is 13.2. The van der Waals surface area contributed by atoms with Crippen LogP contribution >= 0.6 is 0 Å². The van der Waals surface area contributed by atoms with Crippen molar-refractivity contribution in [2.24, 2.45) is 32.5 Å². The summed E-state index contributed by atoms with van der Waals surface area (Å²) >= 11 is 0. The van der Waals surface area contributed by atoms with Crippen LogP contribution in [0.5, 0.6) is 0 Å². The lowest BCUT2D eigenvalue weighted by atomic mass is 9.65. The first-order valence-corrected chi connectivity index (χ1v) is 17.4. The molecule has 41 heavy (non-hydrogen) atoms. The Morgan fingerprint density at radius 2 is 0.780 bits per heavy atom. The van der Waals surface area contributed by atoms with E-state index in [4.69, 9.17) is 14.2 Å². The van der Waals surface area contributed by atoms with E-state index in [0.717, 1.165) is 12.8 Å². The zero-order chi connectivity index (χ0) is 31.5. The summed E-state index contributed by atoms with van der Waals surface area (Å²) in [5, 5.41) is 0. The maximum Gasteiger partial charge on any atom is 0.284 e. The second kappa shape index (κ2) is 13.5. The molecule has 2 aliphatic heterocycles. The first-order chi connectivity index (χ1) is 18.3. The van der Waals surface area contributed by atoms with Crippen LogP contribution in [0.2, 0.25) is 0 Å². The Labute approximate surface area is 258 Å². The van der Waals surface area contributed by atoms with Gasteiger partial charge in [0, 0.05) is 6.42 Å². The highest BCUT2D eigenvalue weighted by molar-refractivity contribution is 4.91. The van der Waals surface area contributed by atoms with Gasteiger partial charge in [0.2, 0.25) is 0 Å². The van der Waals surface area contributed by atoms with Gasteiger partial charge in [-0.3, -0.25) is 0 Å². The molecule has 2 aliphatic rings. The number of fused-ring (bicyclic) bond motifs is 2. The third-order valence-corrected chi connectivity index (χ3v) is 10.5. The summed E-state index contributed by atoms with van der Waals surface area (Å²) in [7, 11) is 0. The number of hydrogen-bond acceptors (Lipinski definition) is 3. The van der Waals surface area contributed by atoms with Gasteiger partial charge >= 0.3 is 0 Å². The van der Waals surface area contributed by atoms with Gasteiger partial charge in [0.25, 0.3) is 5.97 Å². The lowest BCUT2D eigenvalue weighted by Crippen LogP contribution is -2.39. The summed E-state index contributed by atoms with van der Waals surface area (Å²) < 4.78 is 18.7. The quantitative estimate of drug-likeness (QED) is 0.182. The molecule has 2 rings (SSSR count). The van der Waals surface area contributed by atoms with Crippen LogP contribution < -0.4 is 0 Å². The van der Waals surface area contributed by atoms with Gasteiger partial charge in [0.15, 0.2) is 0 Å². The van der Waals surface area contributed by atoms with Gasteiger partial charge in [-0.2, -0.15) is 0 Å². The predicted octanol–water partition coefficient (Wildman–Crippen LogP) is 12.1. The minimum absolute atomic E-state index is 0.0799. The standard InChI is InChI=1S/C38H74O3/c1-29-31-30(2)40-38(39-29,41-31)18-16-17-36(14,26-23-35(12,13)22-19-32(3,4)5)27-28-37(15,24-20-33(6,7)8)25-21-34(9,10)11/h29-31H,16-28H2,1-15H3. The highest BCUT2D eigenvalue weighted by Crippen LogP contribution is 2.49. The van der Waals surface area contributed by atoms with Crippen molar-refractivity contribution in [2.45, 2.75) is 212 Å². The van der Waals surface area contributed by atoms with E-state index in [1.54, 1.807) is 0 Å². The van der Waals surface area contributed by atoms with E-state index in [2.05, 4.69) is 104 Å². The Morgan fingerprint density at radius 3 is 1.20 bits per heavy atom. The third-order valence-electron chi connectivity index (χ3n) is 10.5. The van der Waals surface area contributed by atoms with Crippen molar-refractivity contribution in [3.8, 4) is 0 Å². The van der Waals surface area contributed by atoms with Crippen molar-refractivity contribution in [1.29, 1.82) is 0 Å². The van der Waals surface area contributed by atoms with E-state index in [1.807, 2.05) is 0 Å². The minimum Gasteiger partial charge on any atom is -0.322 e. The first-order valence-electron chi connectivity index (χ1n) is 17.4. The van der Waals surface area contributed by atoms with E-state index in [1.165, 1.54) is 70.6 Å². The molecule has 2 bridgehead atoms. The monoisotopic (exact) mass is 579 g/mol. The number of rotatable bonds is 16. The lowest BCUT2D eigenvalue weighted by molar-refractivity contribution is -0.321. The van der Waals surface area contributed by atoms with Crippen molar-refractivity contribution < 1.29 is 14.2 Å². The molecule has 0 aromatic rings. The molecule has 2 fully saturated rings. The zero-order valence-electron chi connectivity index (χ0n) is 30.6. The summed E-state index contributed by atoms with van der Waals surface area (Å²) in [6.07, 6.45) is 16.5. The van der Waals surface area contributed by atoms with Crippen LogP contribution in [-0.4, -0.2) is 24.3 Å². The van der Waals surface area contributed by atoms with Gasteiger partial charge in [-0.1, -0.05) is 90.0 Å². The molecule has 0 N–H and O–H groups in total. The van der Waals surface area contributed by atoms with Crippen molar-refractivity contribution >= 4 is 0 Å². The zero-order valence-corrected chi connectivity index (χ0v) is 30.6. The maximum absolute atomic E-state index is 6.27. The number of ether oxygens (including phenoxy) is 3. The molecule has 3 nitrogen and oxygen atoms in total. The Morgan fingerprint density at radius 1 is 0.439 bits per heavy atom. The molecule has 0 amide bonds. The van der Waals surface area contributed by atoms with Crippen LogP contribution in [0.1, 0.15) is 187 Å². The summed E-state index contributed by atoms with van der Waals surface area (Å²) in [4.78, 5) is 0. The Balaban J connectivity index is 2.14. The van der Waals surface area contributed by atoms with E-state index >= 15 is 0 Å². The van der Waals surface area contributed by atoms with Gasteiger partial charge in [0.1, 0.15) is 6.10 Å². The topological polar surface area (TPSA) is 27.7 Å². The van der Waals surface area contributed by atoms with Crippen LogP contribution in [0.25, 0.3) is 0 Å². The summed E-state index contributed by atoms with van der Waals surface area (Å²) in [5.74, 6) is -0.801. The Hall–Kier alpha value is -0.120. The van der Waals surface area contributed by atoms with Gasteiger partial charge in [-0.25, -0.2) is 0 Å². The average molecular weight is 579 g/mol. The molecule has 0 radical (unpaired) electrons. The molecule has 0 aromatic carbocycles. The molecule has 244 valence electrons. The van der Waals surface area contributed by atoms with Crippen LogP contribution in [0.3, 0.4) is 0 Å². The fourth-order valence-electron chi connectivity index (χ4n) is 6.66. The molecule has 3 atom stereocenters. The molecular weight excluding hydrogens is 504 g/mol. The first kappa shape index (κ1) is 37.1. The highest BCUT2D eigenvalue weighted by Gasteiger charge is 2.56. The predicted molar refractivity (Wildman–Crippen MR) is 177 cm³/mol. The Bertz CT molecular complexity index is 762. The second-order valence-electron chi connectivity index (χ2n) is 19.7. The highest BCUT2D eigenvalue weighted by atomic mass is 16.9. The van der Waals surface area contributed by atoms with Crippen LogP contribution in [-0.2, 0) is 14.2 Å². The van der Waals surface area contributed by atoms with Gasteiger partial charge in [-0.05, 0) is 123 Å². The summed E-state index contributed by atoms with van der Waals surface area (Å²) in [5.41, 5.74) is 2.26. The van der Waals surface area contributed by atoms with Crippen molar-refractivity contribution in [1.82, 2.24) is 0 Å². The number of hydrogen-bond donors (Lipinski definition) is 0. The lowest BCUT2D eigenvalue weighted by Gasteiger charge is -2.40. The SMILES string of the molecule is CC1OC2(CCCC(C)(CCC(C)(C)CCC(C)(C)C)CCC(C)(CCC(C)(C)C)CCC(C)(C)C)OC(C)C1O2. The molecule has 2 saturated heterocycles. The Kier molecular flexibility index (Phi) is 12.2. The van der Waals surface area contributed by atoms with Crippen LogP contribution in [0.4, 0.5) is 0 Å². The minimum atomic E-state index is -0.801. The molecule has 3 unspecified atom stereocenters. The van der Waals surface area contributed by atoms with Gasteiger partial charge in [-0.15, -0.1) is 0 Å². The van der Waals surface area contributed by atoms with E-state index in [-0.39, 0.29) is 18.3 Å². The molecular formula is C38H74O3. The van der Waals surface area contributed by atoms with Crippen molar-refractivity contribution in [2.75, 3.05) is 0 Å². The van der Waals surface area contributed by atoms with Crippen LogP contribution in [0, 0.1) is 32.5 Å². The summed E-state index contributed by atoms with van der Waals surface area (Å²) in [6, 6.07) is 0. The van der Waals surface area contributed by atoms with Crippen molar-refractivity contribution in [3.05, 3.63) is 0 Å². The molecule has 2 heterocycles. The van der Waals surface area contributed by atoms with Gasteiger partial charge in [0.05, 0.1) is 12.2 Å². The smallest absolute Gasteiger partial charge is 0.284 e. The van der Waals surface area contributed by atoms with E-state index < -0.39 is 5.97 Å². The molecule has 0 saturated carbocycles. The van der Waals surface area contributed by atoms with E-state index in [0.29, 0.717) is 32.5 Å². The fourth-order valence-corrected chi connectivity index (χ4v) is 6.66. The molecule has 3 heteroatoms. The summed E-state index contributed by atoms with van der Waals surface area (Å²) in [6.45, 7) is 36.1. The van der Waals surface area contributed by atoms with Gasteiger partial charge < -0.3 is 14.2 Å². The van der Waals surface area contributed by atoms with Crippen molar-refractivity contribution in [3.63, 3.8) is 0 Å². The molecule has 0 spiro atoms. The van der Waals surface area contributed by atoms with Crippen LogP contribution in [0.15, 0.2) is 0 Å². The largest absolute Gasteiger partial charge is 0.322 e. The van der Waals surface area contributed by atoms with E-state index in [9.17, 15) is 0 Å². The second-order valence-corrected chi connectivity index (χ2v) is 19.7. The molecule has 0 aromatic heterocycles. The fraction of sp³-hybridized carbons (Fsp3) is 1.00. The molecule has 0 aliphatic carbocycles.